The normalized spacial score (nSPS) is 21.1. The molecule has 1 aromatic carbocycles. The summed E-state index contributed by atoms with van der Waals surface area (Å²) in [6.07, 6.45) is 2.32. The van der Waals surface area contributed by atoms with E-state index in [9.17, 15) is 4.79 Å². The van der Waals surface area contributed by atoms with Gasteiger partial charge < -0.3 is 10.2 Å². The van der Waals surface area contributed by atoms with Gasteiger partial charge in [-0.1, -0.05) is 23.2 Å². The molecule has 0 atom stereocenters. The Labute approximate surface area is 116 Å². The van der Waals surface area contributed by atoms with Gasteiger partial charge in [-0.15, -0.1) is 0 Å². The van der Waals surface area contributed by atoms with E-state index in [0.717, 1.165) is 32.5 Å². The summed E-state index contributed by atoms with van der Waals surface area (Å²) in [5, 5.41) is 4.46. The minimum Gasteiger partial charge on any atom is -0.335 e. The molecule has 1 spiro atoms. The Morgan fingerprint density at radius 2 is 2.11 bits per heavy atom. The number of nitrogens with zero attached hydrogens (tertiary/aromatic N) is 1. The van der Waals surface area contributed by atoms with Gasteiger partial charge in [0, 0.05) is 30.2 Å². The molecule has 0 unspecified atom stereocenters. The lowest BCUT2D eigenvalue weighted by Crippen LogP contribution is -2.54. The molecular weight excluding hydrogens is 271 g/mol. The highest BCUT2D eigenvalue weighted by atomic mass is 35.5. The van der Waals surface area contributed by atoms with Crippen LogP contribution in [0.2, 0.25) is 10.0 Å². The maximum absolute atomic E-state index is 12.4. The molecule has 1 aromatic rings. The molecule has 3 rings (SSSR count). The zero-order valence-electron chi connectivity index (χ0n) is 9.88. The number of piperazine rings is 1. The number of rotatable bonds is 1. The standard InChI is InChI=1S/C13H14Cl2N2O/c14-9-1-2-10(11(15)7-9)12(18)17-6-5-16-13(8-17)3-4-13/h1-2,7,16H,3-6,8H2. The molecule has 18 heavy (non-hydrogen) atoms. The Balaban J connectivity index is 1.81. The molecule has 96 valence electrons. The van der Waals surface area contributed by atoms with Crippen LogP contribution < -0.4 is 5.32 Å². The number of halogens is 2. The van der Waals surface area contributed by atoms with E-state index in [1.807, 2.05) is 4.90 Å². The molecule has 0 aromatic heterocycles. The van der Waals surface area contributed by atoms with Crippen LogP contribution in [0, 0.1) is 0 Å². The number of hydrogen-bond acceptors (Lipinski definition) is 2. The molecule has 3 nitrogen and oxygen atoms in total. The molecule has 1 amide bonds. The number of carbonyl (C=O) groups is 1. The average molecular weight is 285 g/mol. The Morgan fingerprint density at radius 3 is 2.78 bits per heavy atom. The molecule has 2 fully saturated rings. The fraction of sp³-hybridized carbons (Fsp3) is 0.462. The monoisotopic (exact) mass is 284 g/mol. The Bertz CT molecular complexity index is 500. The van der Waals surface area contributed by atoms with Gasteiger partial charge in [-0.3, -0.25) is 4.79 Å². The van der Waals surface area contributed by atoms with Crippen molar-refractivity contribution in [1.82, 2.24) is 10.2 Å². The van der Waals surface area contributed by atoms with Crippen LogP contribution in [-0.4, -0.2) is 36.0 Å². The van der Waals surface area contributed by atoms with E-state index in [4.69, 9.17) is 23.2 Å². The van der Waals surface area contributed by atoms with Gasteiger partial charge in [0.25, 0.3) is 5.91 Å². The van der Waals surface area contributed by atoms with Gasteiger partial charge in [0.15, 0.2) is 0 Å². The number of hydrogen-bond donors (Lipinski definition) is 1. The van der Waals surface area contributed by atoms with Gasteiger partial charge in [-0.25, -0.2) is 0 Å². The summed E-state index contributed by atoms with van der Waals surface area (Å²) in [4.78, 5) is 14.3. The zero-order valence-corrected chi connectivity index (χ0v) is 11.4. The van der Waals surface area contributed by atoms with Crippen LogP contribution in [0.1, 0.15) is 23.2 Å². The quantitative estimate of drug-likeness (QED) is 0.860. The van der Waals surface area contributed by atoms with Crippen LogP contribution in [0.4, 0.5) is 0 Å². The number of amides is 1. The number of nitrogens with one attached hydrogen (secondary N) is 1. The third-order valence-corrected chi connectivity index (χ3v) is 4.23. The lowest BCUT2D eigenvalue weighted by Gasteiger charge is -2.34. The zero-order chi connectivity index (χ0) is 12.8. The SMILES string of the molecule is O=C(c1ccc(Cl)cc1Cl)N1CCNC2(CC2)C1. The fourth-order valence-electron chi connectivity index (χ4n) is 2.45. The van der Waals surface area contributed by atoms with Crippen molar-refractivity contribution in [2.24, 2.45) is 0 Å². The van der Waals surface area contributed by atoms with Crippen LogP contribution in [0.25, 0.3) is 0 Å². The third kappa shape index (κ3) is 2.22. The molecule has 1 aliphatic carbocycles. The maximum atomic E-state index is 12.4. The highest BCUT2D eigenvalue weighted by Crippen LogP contribution is 2.38. The Morgan fingerprint density at radius 1 is 1.33 bits per heavy atom. The van der Waals surface area contributed by atoms with Crippen LogP contribution in [0.3, 0.4) is 0 Å². The molecule has 1 heterocycles. The van der Waals surface area contributed by atoms with Gasteiger partial charge in [0.05, 0.1) is 10.6 Å². The summed E-state index contributed by atoms with van der Waals surface area (Å²) < 4.78 is 0. The smallest absolute Gasteiger partial charge is 0.255 e. The predicted molar refractivity (Wildman–Crippen MR) is 72.3 cm³/mol. The van der Waals surface area contributed by atoms with E-state index < -0.39 is 0 Å². The van der Waals surface area contributed by atoms with E-state index >= 15 is 0 Å². The fourth-order valence-corrected chi connectivity index (χ4v) is 2.94. The van der Waals surface area contributed by atoms with Crippen LogP contribution >= 0.6 is 23.2 Å². The molecule has 5 heteroatoms. The first-order valence-electron chi connectivity index (χ1n) is 6.09. The van der Waals surface area contributed by atoms with Crippen molar-refractivity contribution in [1.29, 1.82) is 0 Å². The highest BCUT2D eigenvalue weighted by Gasteiger charge is 2.46. The van der Waals surface area contributed by atoms with E-state index in [1.165, 1.54) is 0 Å². The van der Waals surface area contributed by atoms with E-state index in [2.05, 4.69) is 5.32 Å². The van der Waals surface area contributed by atoms with Crippen molar-refractivity contribution in [3.63, 3.8) is 0 Å². The van der Waals surface area contributed by atoms with Crippen molar-refractivity contribution >= 4 is 29.1 Å². The lowest BCUT2D eigenvalue weighted by molar-refractivity contribution is 0.0691. The van der Waals surface area contributed by atoms with Crippen molar-refractivity contribution in [2.45, 2.75) is 18.4 Å². The topological polar surface area (TPSA) is 32.3 Å². The molecule has 2 aliphatic rings. The summed E-state index contributed by atoms with van der Waals surface area (Å²) in [6, 6.07) is 5.02. The lowest BCUT2D eigenvalue weighted by atomic mass is 10.1. The molecule has 1 aliphatic heterocycles. The van der Waals surface area contributed by atoms with Gasteiger partial charge in [-0.05, 0) is 31.0 Å². The number of carbonyl (C=O) groups excluding carboxylic acids is 1. The van der Waals surface area contributed by atoms with Gasteiger partial charge >= 0.3 is 0 Å². The summed E-state index contributed by atoms with van der Waals surface area (Å²) >= 11 is 11.9. The van der Waals surface area contributed by atoms with Crippen LogP contribution in [0.15, 0.2) is 18.2 Å². The second-order valence-electron chi connectivity index (χ2n) is 5.06. The minimum absolute atomic E-state index is 0.00411. The van der Waals surface area contributed by atoms with E-state index in [1.54, 1.807) is 18.2 Å². The highest BCUT2D eigenvalue weighted by molar-refractivity contribution is 6.36. The summed E-state index contributed by atoms with van der Waals surface area (Å²) in [5.74, 6) is 0.00411. The first-order chi connectivity index (χ1) is 8.60. The minimum atomic E-state index is 0.00411. The average Bonchev–Trinajstić information content (AvgIpc) is 3.08. The largest absolute Gasteiger partial charge is 0.335 e. The number of benzene rings is 1. The van der Waals surface area contributed by atoms with Crippen molar-refractivity contribution in [3.05, 3.63) is 33.8 Å². The molecule has 1 N–H and O–H groups in total. The Kier molecular flexibility index (Phi) is 3.00. The first kappa shape index (κ1) is 12.3. The summed E-state index contributed by atoms with van der Waals surface area (Å²) in [7, 11) is 0. The van der Waals surface area contributed by atoms with Crippen LogP contribution in [-0.2, 0) is 0 Å². The molecule has 0 radical (unpaired) electrons. The van der Waals surface area contributed by atoms with Gasteiger partial charge in [-0.2, -0.15) is 0 Å². The Hall–Kier alpha value is -0.770. The van der Waals surface area contributed by atoms with Crippen LogP contribution in [0.5, 0.6) is 0 Å². The van der Waals surface area contributed by atoms with E-state index in [-0.39, 0.29) is 11.4 Å². The maximum Gasteiger partial charge on any atom is 0.255 e. The third-order valence-electron chi connectivity index (χ3n) is 3.68. The van der Waals surface area contributed by atoms with Crippen molar-refractivity contribution < 1.29 is 4.79 Å². The first-order valence-corrected chi connectivity index (χ1v) is 6.85. The predicted octanol–water partition coefficient (Wildman–Crippen LogP) is 2.57. The van der Waals surface area contributed by atoms with Gasteiger partial charge in [0.2, 0.25) is 0 Å². The van der Waals surface area contributed by atoms with E-state index in [0.29, 0.717) is 15.6 Å². The molecule has 1 saturated carbocycles. The van der Waals surface area contributed by atoms with Gasteiger partial charge in [0.1, 0.15) is 0 Å². The molecule has 0 bridgehead atoms. The second kappa shape index (κ2) is 4.41. The van der Waals surface area contributed by atoms with Crippen molar-refractivity contribution in [2.75, 3.05) is 19.6 Å². The second-order valence-corrected chi connectivity index (χ2v) is 5.90. The summed E-state index contributed by atoms with van der Waals surface area (Å²) in [6.45, 7) is 2.38. The molecule has 1 saturated heterocycles. The summed E-state index contributed by atoms with van der Waals surface area (Å²) in [5.41, 5.74) is 0.728. The van der Waals surface area contributed by atoms with Crippen molar-refractivity contribution in [3.8, 4) is 0 Å². The molecular formula is C13H14Cl2N2O.